The van der Waals surface area contributed by atoms with E-state index in [9.17, 15) is 4.79 Å². The Morgan fingerprint density at radius 2 is 2.27 bits per heavy atom. The monoisotopic (exact) mass is 209 g/mol. The van der Waals surface area contributed by atoms with Crippen LogP contribution in [0.1, 0.15) is 45.2 Å². The van der Waals surface area contributed by atoms with Gasteiger partial charge in [0, 0.05) is 12.6 Å². The van der Waals surface area contributed by atoms with Gasteiger partial charge in [-0.15, -0.1) is 0 Å². The molecule has 0 aliphatic heterocycles. The van der Waals surface area contributed by atoms with E-state index in [1.165, 1.54) is 0 Å². The zero-order valence-electron chi connectivity index (χ0n) is 9.63. The van der Waals surface area contributed by atoms with E-state index in [1.54, 1.807) is 6.07 Å². The van der Waals surface area contributed by atoms with E-state index in [1.807, 2.05) is 13.8 Å². The summed E-state index contributed by atoms with van der Waals surface area (Å²) in [7, 11) is 0. The fraction of sp³-hybridized carbons (Fsp3) is 0.636. The third-order valence-corrected chi connectivity index (χ3v) is 2.18. The van der Waals surface area contributed by atoms with Crippen molar-refractivity contribution in [3.05, 3.63) is 22.1 Å². The molecule has 0 unspecified atom stereocenters. The van der Waals surface area contributed by atoms with E-state index in [0.29, 0.717) is 5.95 Å². The largest absolute Gasteiger partial charge is 0.356 e. The molecule has 1 rings (SSSR count). The molecule has 0 saturated heterocycles. The third kappa shape index (κ3) is 3.73. The van der Waals surface area contributed by atoms with Crippen LogP contribution in [0.3, 0.4) is 0 Å². The van der Waals surface area contributed by atoms with E-state index in [4.69, 9.17) is 0 Å². The van der Waals surface area contributed by atoms with Crippen molar-refractivity contribution in [3.8, 4) is 0 Å². The number of nitrogens with zero attached hydrogens (tertiary/aromatic N) is 1. The quantitative estimate of drug-likeness (QED) is 0.730. The molecule has 2 N–H and O–H groups in total. The Morgan fingerprint density at radius 3 is 2.87 bits per heavy atom. The van der Waals surface area contributed by atoms with Gasteiger partial charge in [-0.2, -0.15) is 0 Å². The van der Waals surface area contributed by atoms with Crippen LogP contribution in [0.25, 0.3) is 0 Å². The Hall–Kier alpha value is -1.32. The van der Waals surface area contributed by atoms with Gasteiger partial charge >= 0.3 is 0 Å². The van der Waals surface area contributed by atoms with Crippen LogP contribution in [0.2, 0.25) is 0 Å². The molecule has 4 heteroatoms. The SMILES string of the molecule is CCCCNc1nc(C(C)C)cc(=O)[nH]1. The summed E-state index contributed by atoms with van der Waals surface area (Å²) in [4.78, 5) is 18.3. The molecule has 0 radical (unpaired) electrons. The molecule has 0 aliphatic rings. The van der Waals surface area contributed by atoms with Gasteiger partial charge in [-0.05, 0) is 12.3 Å². The van der Waals surface area contributed by atoms with Crippen LogP contribution in [0.5, 0.6) is 0 Å². The molecular weight excluding hydrogens is 190 g/mol. The van der Waals surface area contributed by atoms with Crippen LogP contribution in [0.4, 0.5) is 5.95 Å². The Kier molecular flexibility index (Phi) is 4.34. The van der Waals surface area contributed by atoms with Gasteiger partial charge in [0.25, 0.3) is 5.56 Å². The van der Waals surface area contributed by atoms with Crippen molar-refractivity contribution in [1.29, 1.82) is 0 Å². The molecule has 0 aromatic carbocycles. The Morgan fingerprint density at radius 1 is 1.53 bits per heavy atom. The van der Waals surface area contributed by atoms with Gasteiger partial charge in [0.05, 0.1) is 5.69 Å². The molecule has 1 aromatic heterocycles. The van der Waals surface area contributed by atoms with Crippen molar-refractivity contribution in [2.75, 3.05) is 11.9 Å². The predicted molar refractivity (Wildman–Crippen MR) is 62.3 cm³/mol. The second-order valence-electron chi connectivity index (χ2n) is 3.95. The molecule has 1 heterocycles. The lowest BCUT2D eigenvalue weighted by atomic mass is 10.1. The van der Waals surface area contributed by atoms with Gasteiger partial charge in [-0.1, -0.05) is 27.2 Å². The second-order valence-corrected chi connectivity index (χ2v) is 3.95. The first-order valence-corrected chi connectivity index (χ1v) is 5.48. The van der Waals surface area contributed by atoms with Crippen LogP contribution in [-0.4, -0.2) is 16.5 Å². The first kappa shape index (κ1) is 11.8. The van der Waals surface area contributed by atoms with E-state index in [0.717, 1.165) is 25.1 Å². The fourth-order valence-electron chi connectivity index (χ4n) is 1.24. The normalized spacial score (nSPS) is 10.7. The maximum Gasteiger partial charge on any atom is 0.252 e. The maximum atomic E-state index is 11.3. The summed E-state index contributed by atoms with van der Waals surface area (Å²) in [5, 5.41) is 3.12. The number of aromatic nitrogens is 2. The standard InChI is InChI=1S/C11H19N3O/c1-4-5-6-12-11-13-9(8(2)3)7-10(15)14-11/h7-8H,4-6H2,1-3H3,(H2,12,13,14,15). The molecule has 15 heavy (non-hydrogen) atoms. The van der Waals surface area contributed by atoms with Crippen LogP contribution < -0.4 is 10.9 Å². The fourth-order valence-corrected chi connectivity index (χ4v) is 1.24. The van der Waals surface area contributed by atoms with Crippen LogP contribution >= 0.6 is 0 Å². The highest BCUT2D eigenvalue weighted by molar-refractivity contribution is 5.25. The predicted octanol–water partition coefficient (Wildman–Crippen LogP) is 2.11. The van der Waals surface area contributed by atoms with E-state index < -0.39 is 0 Å². The maximum absolute atomic E-state index is 11.3. The van der Waals surface area contributed by atoms with Crippen molar-refractivity contribution >= 4 is 5.95 Å². The molecule has 4 nitrogen and oxygen atoms in total. The second kappa shape index (κ2) is 5.53. The van der Waals surface area contributed by atoms with Crippen molar-refractivity contribution in [1.82, 2.24) is 9.97 Å². The Bertz CT molecular complexity index is 357. The van der Waals surface area contributed by atoms with E-state index in [2.05, 4.69) is 22.2 Å². The average Bonchev–Trinajstić information content (AvgIpc) is 2.17. The zero-order chi connectivity index (χ0) is 11.3. The highest BCUT2D eigenvalue weighted by Gasteiger charge is 2.04. The van der Waals surface area contributed by atoms with Crippen LogP contribution in [-0.2, 0) is 0 Å². The number of aromatic amines is 1. The number of anilines is 1. The zero-order valence-corrected chi connectivity index (χ0v) is 9.63. The molecule has 1 aromatic rings. The molecule has 84 valence electrons. The van der Waals surface area contributed by atoms with Gasteiger partial charge in [0.2, 0.25) is 5.95 Å². The molecular formula is C11H19N3O. The van der Waals surface area contributed by atoms with Crippen molar-refractivity contribution in [3.63, 3.8) is 0 Å². The number of hydrogen-bond donors (Lipinski definition) is 2. The third-order valence-electron chi connectivity index (χ3n) is 2.18. The first-order valence-electron chi connectivity index (χ1n) is 5.48. The molecule has 0 saturated carbocycles. The molecule has 0 aliphatic carbocycles. The minimum atomic E-state index is -0.0901. The minimum absolute atomic E-state index is 0.0901. The number of hydrogen-bond acceptors (Lipinski definition) is 3. The van der Waals surface area contributed by atoms with Gasteiger partial charge in [-0.3, -0.25) is 9.78 Å². The molecule has 0 atom stereocenters. The van der Waals surface area contributed by atoms with Crippen molar-refractivity contribution in [2.24, 2.45) is 0 Å². The van der Waals surface area contributed by atoms with Gasteiger partial charge < -0.3 is 5.32 Å². The van der Waals surface area contributed by atoms with Gasteiger partial charge in [0.1, 0.15) is 0 Å². The van der Waals surface area contributed by atoms with Crippen molar-refractivity contribution in [2.45, 2.75) is 39.5 Å². The van der Waals surface area contributed by atoms with Crippen LogP contribution in [0, 0.1) is 0 Å². The number of rotatable bonds is 5. The summed E-state index contributed by atoms with van der Waals surface area (Å²) in [6.45, 7) is 7.03. The summed E-state index contributed by atoms with van der Waals surface area (Å²) in [5.74, 6) is 0.860. The summed E-state index contributed by atoms with van der Waals surface area (Å²) in [6, 6.07) is 1.55. The number of unbranched alkanes of at least 4 members (excludes halogenated alkanes) is 1. The van der Waals surface area contributed by atoms with Crippen molar-refractivity contribution < 1.29 is 0 Å². The number of H-pyrrole nitrogens is 1. The summed E-state index contributed by atoms with van der Waals surface area (Å²) in [6.07, 6.45) is 2.21. The molecule has 0 spiro atoms. The minimum Gasteiger partial charge on any atom is -0.356 e. The van der Waals surface area contributed by atoms with Gasteiger partial charge in [0.15, 0.2) is 0 Å². The van der Waals surface area contributed by atoms with E-state index >= 15 is 0 Å². The lowest BCUT2D eigenvalue weighted by molar-refractivity contribution is 0.794. The average molecular weight is 209 g/mol. The summed E-state index contributed by atoms with van der Waals surface area (Å²) < 4.78 is 0. The highest BCUT2D eigenvalue weighted by atomic mass is 16.1. The molecule has 0 amide bonds. The lowest BCUT2D eigenvalue weighted by Gasteiger charge is -2.08. The molecule has 0 fully saturated rings. The molecule has 0 bridgehead atoms. The topological polar surface area (TPSA) is 57.8 Å². The smallest absolute Gasteiger partial charge is 0.252 e. The Balaban J connectivity index is 2.75. The summed E-state index contributed by atoms with van der Waals surface area (Å²) >= 11 is 0. The Labute approximate surface area is 90.1 Å². The first-order chi connectivity index (χ1) is 7.13. The van der Waals surface area contributed by atoms with E-state index in [-0.39, 0.29) is 11.5 Å². The lowest BCUT2D eigenvalue weighted by Crippen LogP contribution is -2.15. The summed E-state index contributed by atoms with van der Waals surface area (Å²) in [5.41, 5.74) is 0.741. The van der Waals surface area contributed by atoms with Gasteiger partial charge in [-0.25, -0.2) is 4.98 Å². The number of nitrogens with one attached hydrogen (secondary N) is 2. The van der Waals surface area contributed by atoms with Crippen LogP contribution in [0.15, 0.2) is 10.9 Å². The highest BCUT2D eigenvalue weighted by Crippen LogP contribution is 2.09.